The highest BCUT2D eigenvalue weighted by Gasteiger charge is 1.99. The summed E-state index contributed by atoms with van der Waals surface area (Å²) >= 11 is 1.62. The number of rotatable bonds is 4. The molecule has 0 bridgehead atoms. The van der Waals surface area contributed by atoms with E-state index in [0.29, 0.717) is 6.54 Å². The Balaban J connectivity index is 1.85. The number of hydrogen-bond donors (Lipinski definition) is 2. The molecule has 0 saturated carbocycles. The number of amides is 1. The lowest BCUT2D eigenvalue weighted by Crippen LogP contribution is -2.20. The molecule has 2 N–H and O–H groups in total. The first kappa shape index (κ1) is 11.6. The van der Waals surface area contributed by atoms with Crippen LogP contribution in [0.25, 0.3) is 6.08 Å². The summed E-state index contributed by atoms with van der Waals surface area (Å²) in [6.45, 7) is 2.49. The summed E-state index contributed by atoms with van der Waals surface area (Å²) in [5, 5.41) is 11.4. The molecule has 0 saturated heterocycles. The van der Waals surface area contributed by atoms with E-state index in [1.54, 1.807) is 23.6 Å². The molecule has 0 aliphatic rings. The van der Waals surface area contributed by atoms with Crippen LogP contribution in [0.2, 0.25) is 0 Å². The average Bonchev–Trinajstić information content (AvgIpc) is 2.95. The van der Waals surface area contributed by atoms with Crippen LogP contribution in [0.15, 0.2) is 29.8 Å². The number of aromatic amines is 1. The molecule has 1 amide bonds. The molecule has 2 heterocycles. The van der Waals surface area contributed by atoms with Gasteiger partial charge in [0.05, 0.1) is 12.2 Å². The normalized spacial score (nSPS) is 10.9. The maximum absolute atomic E-state index is 11.5. The van der Waals surface area contributed by atoms with Gasteiger partial charge in [0.25, 0.3) is 0 Å². The molecule has 0 aromatic carbocycles. The molecule has 0 aliphatic carbocycles. The summed E-state index contributed by atoms with van der Waals surface area (Å²) in [6.07, 6.45) is 5.05. The fraction of sp³-hybridized carbons (Fsp3) is 0.167. The van der Waals surface area contributed by atoms with E-state index >= 15 is 0 Å². The lowest BCUT2D eigenvalue weighted by atomic mass is 10.3. The number of aromatic nitrogens is 2. The van der Waals surface area contributed by atoms with Gasteiger partial charge in [-0.15, -0.1) is 11.3 Å². The smallest absolute Gasteiger partial charge is 0.244 e. The van der Waals surface area contributed by atoms with Crippen molar-refractivity contribution >= 4 is 23.3 Å². The molecular weight excluding hydrogens is 234 g/mol. The maximum Gasteiger partial charge on any atom is 0.244 e. The summed E-state index contributed by atoms with van der Waals surface area (Å²) < 4.78 is 0. The van der Waals surface area contributed by atoms with E-state index in [0.717, 1.165) is 10.6 Å². The highest BCUT2D eigenvalue weighted by Crippen LogP contribution is 2.16. The zero-order chi connectivity index (χ0) is 12.1. The van der Waals surface area contributed by atoms with Gasteiger partial charge in [-0.3, -0.25) is 9.89 Å². The van der Waals surface area contributed by atoms with Crippen molar-refractivity contribution in [1.29, 1.82) is 0 Å². The minimum absolute atomic E-state index is 0.104. The van der Waals surface area contributed by atoms with Crippen molar-refractivity contribution in [1.82, 2.24) is 15.5 Å². The lowest BCUT2D eigenvalue weighted by Gasteiger charge is -1.98. The molecule has 0 atom stereocenters. The third-order valence-electron chi connectivity index (χ3n) is 2.30. The summed E-state index contributed by atoms with van der Waals surface area (Å²) in [5.74, 6) is -0.104. The Bertz CT molecular complexity index is 514. The highest BCUT2D eigenvalue weighted by atomic mass is 32.1. The second-order valence-electron chi connectivity index (χ2n) is 3.60. The predicted molar refractivity (Wildman–Crippen MR) is 68.5 cm³/mol. The first-order valence-electron chi connectivity index (χ1n) is 5.24. The van der Waals surface area contributed by atoms with Gasteiger partial charge in [-0.05, 0) is 36.1 Å². The number of thiophene rings is 1. The van der Waals surface area contributed by atoms with Gasteiger partial charge in [-0.2, -0.15) is 5.10 Å². The minimum Gasteiger partial charge on any atom is -0.347 e. The Labute approximate surface area is 103 Å². The van der Waals surface area contributed by atoms with Crippen molar-refractivity contribution in [2.45, 2.75) is 13.5 Å². The van der Waals surface area contributed by atoms with E-state index in [1.807, 2.05) is 30.5 Å². The molecule has 0 fully saturated rings. The monoisotopic (exact) mass is 247 g/mol. The standard InChI is InChI=1S/C12H13N3OS/c1-9-5-7-17-11(9)2-3-12(16)13-8-10-4-6-14-15-10/h2-7H,8H2,1H3,(H,13,16)(H,14,15). The SMILES string of the molecule is Cc1ccsc1C=CC(=O)NCc1ccn[nH]1. The molecule has 2 aromatic heterocycles. The number of nitrogens with zero attached hydrogens (tertiary/aromatic N) is 1. The highest BCUT2D eigenvalue weighted by molar-refractivity contribution is 7.11. The number of hydrogen-bond acceptors (Lipinski definition) is 3. The quantitative estimate of drug-likeness (QED) is 0.813. The van der Waals surface area contributed by atoms with Crippen LogP contribution in [0.1, 0.15) is 16.1 Å². The first-order valence-corrected chi connectivity index (χ1v) is 6.12. The zero-order valence-electron chi connectivity index (χ0n) is 9.43. The van der Waals surface area contributed by atoms with Crippen LogP contribution in [0.5, 0.6) is 0 Å². The fourth-order valence-electron chi connectivity index (χ4n) is 1.33. The largest absolute Gasteiger partial charge is 0.347 e. The molecule has 88 valence electrons. The van der Waals surface area contributed by atoms with Gasteiger partial charge in [-0.25, -0.2) is 0 Å². The molecule has 0 spiro atoms. The summed E-state index contributed by atoms with van der Waals surface area (Å²) in [7, 11) is 0. The van der Waals surface area contributed by atoms with Crippen molar-refractivity contribution in [3.05, 3.63) is 45.9 Å². The van der Waals surface area contributed by atoms with E-state index in [4.69, 9.17) is 0 Å². The lowest BCUT2D eigenvalue weighted by molar-refractivity contribution is -0.116. The molecule has 0 aliphatic heterocycles. The fourth-order valence-corrected chi connectivity index (χ4v) is 2.15. The Morgan fingerprint density at radius 1 is 1.59 bits per heavy atom. The number of carbonyl (C=O) groups excluding carboxylic acids is 1. The van der Waals surface area contributed by atoms with E-state index in [1.165, 1.54) is 5.56 Å². The zero-order valence-corrected chi connectivity index (χ0v) is 10.3. The van der Waals surface area contributed by atoms with Crippen molar-refractivity contribution in [2.75, 3.05) is 0 Å². The Hall–Kier alpha value is -1.88. The number of carbonyl (C=O) groups is 1. The number of nitrogens with one attached hydrogen (secondary N) is 2. The second-order valence-corrected chi connectivity index (χ2v) is 4.55. The maximum atomic E-state index is 11.5. The third kappa shape index (κ3) is 3.29. The Kier molecular flexibility index (Phi) is 3.72. The van der Waals surface area contributed by atoms with E-state index in [2.05, 4.69) is 15.5 Å². The van der Waals surface area contributed by atoms with Gasteiger partial charge in [0.2, 0.25) is 5.91 Å². The second kappa shape index (κ2) is 5.45. The molecule has 5 heteroatoms. The molecule has 2 rings (SSSR count). The van der Waals surface area contributed by atoms with Crippen LogP contribution in [0.4, 0.5) is 0 Å². The van der Waals surface area contributed by atoms with Crippen LogP contribution in [0.3, 0.4) is 0 Å². The molecule has 2 aromatic rings. The molecule has 0 unspecified atom stereocenters. The third-order valence-corrected chi connectivity index (χ3v) is 3.28. The Morgan fingerprint density at radius 2 is 2.47 bits per heavy atom. The number of H-pyrrole nitrogens is 1. The van der Waals surface area contributed by atoms with Gasteiger partial charge in [0.1, 0.15) is 0 Å². The van der Waals surface area contributed by atoms with Crippen LogP contribution in [0, 0.1) is 6.92 Å². The van der Waals surface area contributed by atoms with Crippen molar-refractivity contribution in [3.8, 4) is 0 Å². The topological polar surface area (TPSA) is 57.8 Å². The molecule has 0 radical (unpaired) electrons. The van der Waals surface area contributed by atoms with Crippen molar-refractivity contribution in [2.24, 2.45) is 0 Å². The van der Waals surface area contributed by atoms with Crippen LogP contribution in [-0.2, 0) is 11.3 Å². The Morgan fingerprint density at radius 3 is 3.12 bits per heavy atom. The van der Waals surface area contributed by atoms with Gasteiger partial charge < -0.3 is 5.32 Å². The predicted octanol–water partition coefficient (Wildman–Crippen LogP) is 2.11. The van der Waals surface area contributed by atoms with Crippen LogP contribution >= 0.6 is 11.3 Å². The molecule has 4 nitrogen and oxygen atoms in total. The van der Waals surface area contributed by atoms with Crippen LogP contribution in [-0.4, -0.2) is 16.1 Å². The van der Waals surface area contributed by atoms with E-state index in [-0.39, 0.29) is 5.91 Å². The minimum atomic E-state index is -0.104. The summed E-state index contributed by atoms with van der Waals surface area (Å²) in [4.78, 5) is 12.6. The van der Waals surface area contributed by atoms with E-state index < -0.39 is 0 Å². The average molecular weight is 247 g/mol. The number of aryl methyl sites for hydroxylation is 1. The molecule has 17 heavy (non-hydrogen) atoms. The molecular formula is C12H13N3OS. The van der Waals surface area contributed by atoms with Crippen molar-refractivity contribution in [3.63, 3.8) is 0 Å². The van der Waals surface area contributed by atoms with Gasteiger partial charge >= 0.3 is 0 Å². The first-order chi connectivity index (χ1) is 8.25. The summed E-state index contributed by atoms with van der Waals surface area (Å²) in [5.41, 5.74) is 2.08. The van der Waals surface area contributed by atoms with Gasteiger partial charge in [0, 0.05) is 17.2 Å². The summed E-state index contributed by atoms with van der Waals surface area (Å²) in [6, 6.07) is 3.86. The van der Waals surface area contributed by atoms with Crippen molar-refractivity contribution < 1.29 is 4.79 Å². The van der Waals surface area contributed by atoms with Gasteiger partial charge in [0.15, 0.2) is 0 Å². The van der Waals surface area contributed by atoms with Crippen LogP contribution < -0.4 is 5.32 Å². The van der Waals surface area contributed by atoms with E-state index in [9.17, 15) is 4.79 Å². The van der Waals surface area contributed by atoms with Gasteiger partial charge in [-0.1, -0.05) is 0 Å².